The van der Waals surface area contributed by atoms with Gasteiger partial charge in [-0.25, -0.2) is 4.39 Å². The second-order valence-electron chi connectivity index (χ2n) is 7.23. The van der Waals surface area contributed by atoms with Crippen LogP contribution < -0.4 is 0 Å². The summed E-state index contributed by atoms with van der Waals surface area (Å²) in [6.07, 6.45) is 4.66. The lowest BCUT2D eigenvalue weighted by Crippen LogP contribution is -2.57. The summed E-state index contributed by atoms with van der Waals surface area (Å²) in [6, 6.07) is 13.3. The molecule has 1 aromatic carbocycles. The standard InChI is InChI=1S/C21H25FN2O2/c22-18-8-4-11-23-19(18)14-24-12-9-20(21(16-24)10-5-13-26-21)25-15-17-6-2-1-3-7-17/h1-4,6-8,11,20H,5,9-10,12-16H2/t20-,21-/m0/s1. The molecule has 0 N–H and O–H groups in total. The van der Waals surface area contributed by atoms with E-state index < -0.39 is 0 Å². The number of hydrogen-bond donors (Lipinski definition) is 0. The number of aromatic nitrogens is 1. The topological polar surface area (TPSA) is 34.6 Å². The van der Waals surface area contributed by atoms with Crippen LogP contribution in [0.4, 0.5) is 4.39 Å². The average molecular weight is 356 g/mol. The Balaban J connectivity index is 1.43. The van der Waals surface area contributed by atoms with Gasteiger partial charge in [0.2, 0.25) is 0 Å². The number of rotatable bonds is 5. The summed E-state index contributed by atoms with van der Waals surface area (Å²) in [5, 5.41) is 0. The number of halogens is 1. The molecule has 2 aromatic rings. The van der Waals surface area contributed by atoms with Gasteiger partial charge in [0.05, 0.1) is 18.4 Å². The Morgan fingerprint density at radius 3 is 2.88 bits per heavy atom. The average Bonchev–Trinajstić information content (AvgIpc) is 3.12. The molecular weight excluding hydrogens is 331 g/mol. The van der Waals surface area contributed by atoms with Gasteiger partial charge in [-0.3, -0.25) is 9.88 Å². The van der Waals surface area contributed by atoms with Crippen LogP contribution in [0.5, 0.6) is 0 Å². The molecular formula is C21H25FN2O2. The molecule has 1 spiro atoms. The van der Waals surface area contributed by atoms with E-state index in [0.29, 0.717) is 18.8 Å². The van der Waals surface area contributed by atoms with Gasteiger partial charge in [-0.2, -0.15) is 0 Å². The van der Waals surface area contributed by atoms with Gasteiger partial charge in [-0.1, -0.05) is 30.3 Å². The molecule has 2 aliphatic heterocycles. The predicted octanol–water partition coefficient (Wildman–Crippen LogP) is 3.56. The molecule has 3 heterocycles. The summed E-state index contributed by atoms with van der Waals surface area (Å²) in [5.41, 5.74) is 1.40. The molecule has 0 aliphatic carbocycles. The monoisotopic (exact) mass is 356 g/mol. The maximum atomic E-state index is 14.0. The first-order valence-corrected chi connectivity index (χ1v) is 9.36. The Morgan fingerprint density at radius 2 is 2.12 bits per heavy atom. The number of nitrogens with zero attached hydrogens (tertiary/aromatic N) is 2. The lowest BCUT2D eigenvalue weighted by molar-refractivity contribution is -0.160. The molecule has 138 valence electrons. The highest BCUT2D eigenvalue weighted by Gasteiger charge is 2.47. The van der Waals surface area contributed by atoms with Crippen LogP contribution in [0.1, 0.15) is 30.5 Å². The second-order valence-corrected chi connectivity index (χ2v) is 7.23. The fraction of sp³-hybridized carbons (Fsp3) is 0.476. The van der Waals surface area contributed by atoms with E-state index in [9.17, 15) is 4.39 Å². The zero-order chi connectivity index (χ0) is 17.8. The van der Waals surface area contributed by atoms with Crippen molar-refractivity contribution in [3.8, 4) is 0 Å². The van der Waals surface area contributed by atoms with Crippen LogP contribution in [0.2, 0.25) is 0 Å². The number of hydrogen-bond acceptors (Lipinski definition) is 4. The van der Waals surface area contributed by atoms with Gasteiger partial charge in [-0.15, -0.1) is 0 Å². The summed E-state index contributed by atoms with van der Waals surface area (Å²) < 4.78 is 26.4. The smallest absolute Gasteiger partial charge is 0.146 e. The van der Waals surface area contributed by atoms with Crippen molar-refractivity contribution in [1.82, 2.24) is 9.88 Å². The molecule has 2 fully saturated rings. The minimum atomic E-state index is -0.279. The zero-order valence-corrected chi connectivity index (χ0v) is 14.9. The Hall–Kier alpha value is -1.82. The maximum Gasteiger partial charge on any atom is 0.146 e. The van der Waals surface area contributed by atoms with Crippen LogP contribution in [0.3, 0.4) is 0 Å². The molecule has 0 unspecified atom stereocenters. The lowest BCUT2D eigenvalue weighted by Gasteiger charge is -2.45. The second kappa shape index (κ2) is 7.82. The quantitative estimate of drug-likeness (QED) is 0.820. The number of pyridine rings is 1. The maximum absolute atomic E-state index is 14.0. The third kappa shape index (κ3) is 3.80. The van der Waals surface area contributed by atoms with E-state index in [1.54, 1.807) is 12.3 Å². The van der Waals surface area contributed by atoms with Crippen LogP contribution in [-0.4, -0.2) is 41.3 Å². The minimum Gasteiger partial charge on any atom is -0.371 e. The van der Waals surface area contributed by atoms with Crippen LogP contribution in [0, 0.1) is 5.82 Å². The third-order valence-electron chi connectivity index (χ3n) is 5.42. The van der Waals surface area contributed by atoms with Crippen molar-refractivity contribution in [2.24, 2.45) is 0 Å². The largest absolute Gasteiger partial charge is 0.371 e. The predicted molar refractivity (Wildman–Crippen MR) is 97.0 cm³/mol. The molecule has 0 amide bonds. The Labute approximate surface area is 153 Å². The van der Waals surface area contributed by atoms with Crippen molar-refractivity contribution in [3.05, 3.63) is 65.7 Å². The fourth-order valence-corrected chi connectivity index (χ4v) is 4.11. The van der Waals surface area contributed by atoms with Crippen molar-refractivity contribution < 1.29 is 13.9 Å². The zero-order valence-electron chi connectivity index (χ0n) is 14.9. The molecule has 2 atom stereocenters. The van der Waals surface area contributed by atoms with E-state index in [1.165, 1.54) is 11.6 Å². The van der Waals surface area contributed by atoms with Crippen LogP contribution in [0.25, 0.3) is 0 Å². The highest BCUT2D eigenvalue weighted by molar-refractivity contribution is 5.14. The van der Waals surface area contributed by atoms with E-state index in [2.05, 4.69) is 22.0 Å². The number of ether oxygens (including phenoxy) is 2. The first-order valence-electron chi connectivity index (χ1n) is 9.36. The number of likely N-dealkylation sites (tertiary alicyclic amines) is 1. The van der Waals surface area contributed by atoms with E-state index in [1.807, 2.05) is 18.2 Å². The highest BCUT2D eigenvalue weighted by atomic mass is 19.1. The van der Waals surface area contributed by atoms with Crippen molar-refractivity contribution >= 4 is 0 Å². The van der Waals surface area contributed by atoms with Crippen molar-refractivity contribution in [2.75, 3.05) is 19.7 Å². The van der Waals surface area contributed by atoms with Crippen molar-refractivity contribution in [2.45, 2.75) is 44.1 Å². The summed E-state index contributed by atoms with van der Waals surface area (Å²) >= 11 is 0. The third-order valence-corrected chi connectivity index (χ3v) is 5.42. The molecule has 2 saturated heterocycles. The molecule has 1 aromatic heterocycles. The Morgan fingerprint density at radius 1 is 1.23 bits per heavy atom. The molecule has 26 heavy (non-hydrogen) atoms. The molecule has 0 radical (unpaired) electrons. The van der Waals surface area contributed by atoms with E-state index in [-0.39, 0.29) is 17.5 Å². The Kier molecular flexibility index (Phi) is 5.29. The van der Waals surface area contributed by atoms with Crippen molar-refractivity contribution in [1.29, 1.82) is 0 Å². The van der Waals surface area contributed by atoms with Gasteiger partial charge in [0.25, 0.3) is 0 Å². The molecule has 5 heteroatoms. The summed E-state index contributed by atoms with van der Waals surface area (Å²) in [4.78, 5) is 6.44. The molecule has 2 aliphatic rings. The summed E-state index contributed by atoms with van der Waals surface area (Å²) in [7, 11) is 0. The lowest BCUT2D eigenvalue weighted by atomic mass is 9.86. The van der Waals surface area contributed by atoms with Gasteiger partial charge in [0, 0.05) is 32.4 Å². The SMILES string of the molecule is Fc1cccnc1CN1CC[C@H](OCc2ccccc2)[C@]2(CCCO2)C1. The first-order chi connectivity index (χ1) is 12.8. The van der Waals surface area contributed by atoms with Crippen LogP contribution >= 0.6 is 0 Å². The number of benzene rings is 1. The molecule has 4 nitrogen and oxygen atoms in total. The van der Waals surface area contributed by atoms with E-state index >= 15 is 0 Å². The van der Waals surface area contributed by atoms with Gasteiger partial charge in [-0.05, 0) is 37.0 Å². The fourth-order valence-electron chi connectivity index (χ4n) is 4.11. The van der Waals surface area contributed by atoms with Gasteiger partial charge in [0.1, 0.15) is 11.4 Å². The highest BCUT2D eigenvalue weighted by Crippen LogP contribution is 2.37. The molecule has 0 bridgehead atoms. The summed E-state index contributed by atoms with van der Waals surface area (Å²) in [5.74, 6) is -0.239. The van der Waals surface area contributed by atoms with E-state index in [0.717, 1.165) is 39.0 Å². The van der Waals surface area contributed by atoms with Crippen molar-refractivity contribution in [3.63, 3.8) is 0 Å². The Bertz CT molecular complexity index is 719. The van der Waals surface area contributed by atoms with Crippen LogP contribution in [0.15, 0.2) is 48.7 Å². The first kappa shape index (κ1) is 17.6. The van der Waals surface area contributed by atoms with Crippen LogP contribution in [-0.2, 0) is 22.6 Å². The minimum absolute atomic E-state index is 0.0787. The number of piperidine rings is 1. The van der Waals surface area contributed by atoms with Gasteiger partial charge in [0.15, 0.2) is 0 Å². The normalized spacial score (nSPS) is 26.4. The van der Waals surface area contributed by atoms with Gasteiger partial charge >= 0.3 is 0 Å². The molecule has 4 rings (SSSR count). The summed E-state index contributed by atoms with van der Waals surface area (Å²) in [6.45, 7) is 3.52. The van der Waals surface area contributed by atoms with E-state index in [4.69, 9.17) is 9.47 Å². The molecule has 0 saturated carbocycles. The van der Waals surface area contributed by atoms with Gasteiger partial charge < -0.3 is 9.47 Å².